The summed E-state index contributed by atoms with van der Waals surface area (Å²) in [6, 6.07) is 6.40. The molecule has 4 rings (SSSR count). The van der Waals surface area contributed by atoms with Crippen molar-refractivity contribution < 1.29 is 26.3 Å². The molecular formula is C25H32F3N3O3S. The van der Waals surface area contributed by atoms with E-state index in [2.05, 4.69) is 9.88 Å². The molecule has 6 nitrogen and oxygen atoms in total. The first-order chi connectivity index (χ1) is 16.4. The highest BCUT2D eigenvalue weighted by molar-refractivity contribution is 7.89. The highest BCUT2D eigenvalue weighted by Crippen LogP contribution is 2.31. The molecule has 2 saturated heterocycles. The first-order valence-electron chi connectivity index (χ1n) is 12.0. The molecule has 3 heterocycles. The van der Waals surface area contributed by atoms with Crippen molar-refractivity contribution in [1.29, 1.82) is 0 Å². The summed E-state index contributed by atoms with van der Waals surface area (Å²) >= 11 is 0. The van der Waals surface area contributed by atoms with Crippen LogP contribution >= 0.6 is 0 Å². The van der Waals surface area contributed by atoms with E-state index in [1.165, 1.54) is 6.07 Å². The number of aryl methyl sites for hydroxylation is 3. The molecule has 0 N–H and O–H groups in total. The summed E-state index contributed by atoms with van der Waals surface area (Å²) < 4.78 is 72.2. The van der Waals surface area contributed by atoms with Crippen molar-refractivity contribution in [2.24, 2.45) is 0 Å². The molecule has 192 valence electrons. The molecule has 0 unspecified atom stereocenters. The average molecular weight is 512 g/mol. The minimum Gasteiger partial charge on any atom is -0.474 e. The lowest BCUT2D eigenvalue weighted by molar-refractivity contribution is -0.137. The molecule has 2 aromatic rings. The molecular weight excluding hydrogens is 479 g/mol. The summed E-state index contributed by atoms with van der Waals surface area (Å²) in [5, 5.41) is 0. The van der Waals surface area contributed by atoms with Crippen molar-refractivity contribution in [2.45, 2.75) is 69.7 Å². The largest absolute Gasteiger partial charge is 0.474 e. The van der Waals surface area contributed by atoms with Crippen LogP contribution in [0.5, 0.6) is 5.88 Å². The Morgan fingerprint density at radius 3 is 2.06 bits per heavy atom. The molecule has 1 aromatic carbocycles. The minimum atomic E-state index is -4.41. The van der Waals surface area contributed by atoms with Crippen LogP contribution in [0.25, 0.3) is 0 Å². The zero-order chi connectivity index (χ0) is 25.4. The van der Waals surface area contributed by atoms with Crippen LogP contribution < -0.4 is 4.74 Å². The standard InChI is InChI=1S/C25H32F3N3O3S/c1-17-14-18(2)24(19(3)15-17)35(32,33)31-12-6-21(7-13-31)30-10-8-22(9-11-30)34-23-5-4-20(16-29-23)25(26,27)28/h4-5,14-16,21-22H,6-13H2,1-3H3. The molecule has 0 saturated carbocycles. The number of hydrogen-bond donors (Lipinski definition) is 0. The zero-order valence-corrected chi connectivity index (χ0v) is 21.1. The smallest absolute Gasteiger partial charge is 0.417 e. The second-order valence-corrected chi connectivity index (χ2v) is 11.5. The summed E-state index contributed by atoms with van der Waals surface area (Å²) in [6.07, 6.45) is -0.658. The van der Waals surface area contributed by atoms with Crippen LogP contribution in [0.3, 0.4) is 0 Å². The Bertz CT molecular complexity index is 1110. The molecule has 2 aliphatic rings. The van der Waals surface area contributed by atoms with Gasteiger partial charge in [-0.05, 0) is 63.6 Å². The number of pyridine rings is 1. The van der Waals surface area contributed by atoms with Gasteiger partial charge < -0.3 is 9.64 Å². The van der Waals surface area contributed by atoms with Crippen LogP contribution in [0.1, 0.15) is 47.9 Å². The molecule has 35 heavy (non-hydrogen) atoms. The van der Waals surface area contributed by atoms with Gasteiger partial charge in [0, 0.05) is 44.5 Å². The van der Waals surface area contributed by atoms with Crippen molar-refractivity contribution in [3.05, 3.63) is 52.7 Å². The van der Waals surface area contributed by atoms with Gasteiger partial charge in [-0.3, -0.25) is 0 Å². The third kappa shape index (κ3) is 5.81. The van der Waals surface area contributed by atoms with Crippen LogP contribution in [-0.4, -0.2) is 60.9 Å². The third-order valence-corrected chi connectivity index (χ3v) is 9.17. The second kappa shape index (κ2) is 10.1. The van der Waals surface area contributed by atoms with Gasteiger partial charge in [-0.15, -0.1) is 0 Å². The zero-order valence-electron chi connectivity index (χ0n) is 20.3. The van der Waals surface area contributed by atoms with E-state index < -0.39 is 21.8 Å². The summed E-state index contributed by atoms with van der Waals surface area (Å²) in [5.41, 5.74) is 1.84. The third-order valence-electron chi connectivity index (χ3n) is 6.97. The Morgan fingerprint density at radius 2 is 1.54 bits per heavy atom. The van der Waals surface area contributed by atoms with E-state index in [0.717, 1.165) is 67.7 Å². The van der Waals surface area contributed by atoms with E-state index in [9.17, 15) is 21.6 Å². The molecule has 2 aliphatic heterocycles. The van der Waals surface area contributed by atoms with Gasteiger partial charge >= 0.3 is 6.18 Å². The molecule has 0 bridgehead atoms. The molecule has 2 fully saturated rings. The topological polar surface area (TPSA) is 62.7 Å². The number of rotatable bonds is 5. The SMILES string of the molecule is Cc1cc(C)c(S(=O)(=O)N2CCC(N3CCC(Oc4ccc(C(F)(F)F)cn4)CC3)CC2)c(C)c1. The number of ether oxygens (including phenoxy) is 1. The van der Waals surface area contributed by atoms with Gasteiger partial charge in [0.1, 0.15) is 6.10 Å². The van der Waals surface area contributed by atoms with Crippen LogP contribution in [0.15, 0.2) is 35.4 Å². The number of hydrogen-bond acceptors (Lipinski definition) is 5. The fraction of sp³-hybridized carbons (Fsp3) is 0.560. The Kier molecular flexibility index (Phi) is 7.45. The van der Waals surface area contributed by atoms with Crippen molar-refractivity contribution in [3.8, 4) is 5.88 Å². The number of benzene rings is 1. The first kappa shape index (κ1) is 25.9. The minimum absolute atomic E-state index is 0.0940. The molecule has 0 radical (unpaired) electrons. The molecule has 0 aliphatic carbocycles. The fourth-order valence-electron chi connectivity index (χ4n) is 5.30. The highest BCUT2D eigenvalue weighted by Gasteiger charge is 2.35. The maximum Gasteiger partial charge on any atom is 0.417 e. The summed E-state index contributed by atoms with van der Waals surface area (Å²) in [4.78, 5) is 6.61. The number of aromatic nitrogens is 1. The Balaban J connectivity index is 1.29. The van der Waals surface area contributed by atoms with E-state index >= 15 is 0 Å². The van der Waals surface area contributed by atoms with Gasteiger partial charge in [0.05, 0.1) is 10.5 Å². The van der Waals surface area contributed by atoms with Crippen molar-refractivity contribution in [1.82, 2.24) is 14.2 Å². The molecule has 1 aromatic heterocycles. The van der Waals surface area contributed by atoms with E-state index in [0.29, 0.717) is 24.0 Å². The lowest BCUT2D eigenvalue weighted by atomic mass is 10.00. The van der Waals surface area contributed by atoms with Gasteiger partial charge in [-0.2, -0.15) is 17.5 Å². The van der Waals surface area contributed by atoms with Gasteiger partial charge in [-0.25, -0.2) is 13.4 Å². The number of piperidine rings is 2. The fourth-order valence-corrected chi connectivity index (χ4v) is 7.18. The first-order valence-corrected chi connectivity index (χ1v) is 13.4. The van der Waals surface area contributed by atoms with Crippen molar-refractivity contribution in [3.63, 3.8) is 0 Å². The van der Waals surface area contributed by atoms with Gasteiger partial charge in [0.25, 0.3) is 0 Å². The molecule has 10 heteroatoms. The number of likely N-dealkylation sites (tertiary alicyclic amines) is 1. The van der Waals surface area contributed by atoms with Crippen molar-refractivity contribution in [2.75, 3.05) is 26.2 Å². The van der Waals surface area contributed by atoms with Crippen LogP contribution in [0.2, 0.25) is 0 Å². The quantitative estimate of drug-likeness (QED) is 0.581. The van der Waals surface area contributed by atoms with Crippen LogP contribution in [0, 0.1) is 20.8 Å². The van der Waals surface area contributed by atoms with Gasteiger partial charge in [-0.1, -0.05) is 17.7 Å². The predicted molar refractivity (Wildman–Crippen MR) is 127 cm³/mol. The molecule has 0 spiro atoms. The van der Waals surface area contributed by atoms with Crippen molar-refractivity contribution >= 4 is 10.0 Å². The Hall–Kier alpha value is -2.17. The predicted octanol–water partition coefficient (Wildman–Crippen LogP) is 4.72. The summed E-state index contributed by atoms with van der Waals surface area (Å²) in [6.45, 7) is 8.27. The van der Waals surface area contributed by atoms with Crippen LogP contribution in [0.4, 0.5) is 13.2 Å². The van der Waals surface area contributed by atoms with E-state index in [-0.39, 0.29) is 12.0 Å². The lowest BCUT2D eigenvalue weighted by Gasteiger charge is -2.41. The monoisotopic (exact) mass is 511 g/mol. The maximum atomic E-state index is 13.3. The lowest BCUT2D eigenvalue weighted by Crippen LogP contribution is -2.50. The number of sulfonamides is 1. The van der Waals surface area contributed by atoms with E-state index in [1.54, 1.807) is 4.31 Å². The van der Waals surface area contributed by atoms with E-state index in [4.69, 9.17) is 4.74 Å². The van der Waals surface area contributed by atoms with E-state index in [1.807, 2.05) is 32.9 Å². The maximum absolute atomic E-state index is 13.3. The average Bonchev–Trinajstić information content (AvgIpc) is 2.78. The second-order valence-electron chi connectivity index (χ2n) is 9.60. The normalized spacial score (nSPS) is 19.7. The number of halogens is 3. The van der Waals surface area contributed by atoms with Gasteiger partial charge in [0.2, 0.25) is 15.9 Å². The number of alkyl halides is 3. The summed E-state index contributed by atoms with van der Waals surface area (Å²) in [5.74, 6) is 0.205. The highest BCUT2D eigenvalue weighted by atomic mass is 32.2. The van der Waals surface area contributed by atoms with Gasteiger partial charge in [0.15, 0.2) is 0 Å². The summed E-state index contributed by atoms with van der Waals surface area (Å²) in [7, 11) is -3.53. The van der Waals surface area contributed by atoms with Crippen LogP contribution in [-0.2, 0) is 16.2 Å². The molecule has 0 amide bonds. The molecule has 0 atom stereocenters. The number of nitrogens with zero attached hydrogens (tertiary/aromatic N) is 3. The Labute approximate surface area is 205 Å². The Morgan fingerprint density at radius 1 is 0.943 bits per heavy atom.